The highest BCUT2D eigenvalue weighted by molar-refractivity contribution is 7.13. The van der Waals surface area contributed by atoms with Crippen molar-refractivity contribution in [1.29, 1.82) is 0 Å². The zero-order valence-corrected chi connectivity index (χ0v) is 14.3. The topological polar surface area (TPSA) is 79.4 Å². The van der Waals surface area contributed by atoms with Crippen LogP contribution in [0.1, 0.15) is 36.6 Å². The van der Waals surface area contributed by atoms with E-state index in [2.05, 4.69) is 10.3 Å². The van der Waals surface area contributed by atoms with Crippen LogP contribution in [0.3, 0.4) is 0 Å². The van der Waals surface area contributed by atoms with Crippen LogP contribution in [0.2, 0.25) is 0 Å². The Balaban J connectivity index is 1.48. The van der Waals surface area contributed by atoms with Crippen molar-refractivity contribution in [2.45, 2.75) is 6.54 Å². The van der Waals surface area contributed by atoms with Crippen molar-refractivity contribution in [3.63, 3.8) is 0 Å². The lowest BCUT2D eigenvalue weighted by molar-refractivity contribution is 0.0642. The molecular formula is C19H13N3O3S. The minimum atomic E-state index is -0.295. The summed E-state index contributed by atoms with van der Waals surface area (Å²) in [5.74, 6) is -0.848. The number of carbonyl (C=O) groups is 3. The number of fused-ring (bicyclic) bond motifs is 1. The van der Waals surface area contributed by atoms with Crippen molar-refractivity contribution in [3.8, 4) is 0 Å². The third-order valence-corrected chi connectivity index (χ3v) is 4.78. The number of benzene rings is 2. The maximum Gasteiger partial charge on any atom is 0.261 e. The monoisotopic (exact) mass is 363 g/mol. The highest BCUT2D eigenvalue weighted by Crippen LogP contribution is 2.24. The average Bonchev–Trinajstić information content (AvgIpc) is 3.25. The van der Waals surface area contributed by atoms with E-state index in [-0.39, 0.29) is 24.3 Å². The maximum absolute atomic E-state index is 12.4. The third-order valence-electron chi connectivity index (χ3n) is 4.09. The minimum absolute atomic E-state index is 0.167. The summed E-state index contributed by atoms with van der Waals surface area (Å²) in [4.78, 5) is 42.2. The number of carbonyl (C=O) groups excluding carboxylic acids is 3. The molecule has 26 heavy (non-hydrogen) atoms. The largest absolute Gasteiger partial charge is 0.298 e. The number of imide groups is 1. The molecule has 1 aromatic heterocycles. The van der Waals surface area contributed by atoms with Crippen LogP contribution < -0.4 is 5.32 Å². The summed E-state index contributed by atoms with van der Waals surface area (Å²) in [5, 5.41) is 5.02. The van der Waals surface area contributed by atoms with E-state index >= 15 is 0 Å². The van der Waals surface area contributed by atoms with Crippen molar-refractivity contribution in [1.82, 2.24) is 9.88 Å². The first-order valence-corrected chi connectivity index (χ1v) is 8.76. The molecule has 0 saturated heterocycles. The highest BCUT2D eigenvalue weighted by atomic mass is 32.1. The lowest BCUT2D eigenvalue weighted by atomic mass is 10.1. The van der Waals surface area contributed by atoms with Gasteiger partial charge in [-0.15, -0.1) is 11.3 Å². The molecular weight excluding hydrogens is 350 g/mol. The summed E-state index contributed by atoms with van der Waals surface area (Å²) in [6.07, 6.45) is 1.62. The molecule has 2 aromatic carbocycles. The summed E-state index contributed by atoms with van der Waals surface area (Å²) in [5.41, 5.74) is 2.10. The molecule has 0 radical (unpaired) electrons. The van der Waals surface area contributed by atoms with Gasteiger partial charge in [-0.25, -0.2) is 4.98 Å². The van der Waals surface area contributed by atoms with Crippen LogP contribution in [-0.4, -0.2) is 27.6 Å². The van der Waals surface area contributed by atoms with Crippen LogP contribution in [0.4, 0.5) is 5.13 Å². The van der Waals surface area contributed by atoms with E-state index in [1.807, 2.05) is 0 Å². The number of aromatic nitrogens is 1. The molecule has 1 aliphatic heterocycles. The van der Waals surface area contributed by atoms with Gasteiger partial charge in [0.05, 0.1) is 17.7 Å². The quantitative estimate of drug-likeness (QED) is 0.722. The van der Waals surface area contributed by atoms with Gasteiger partial charge in [0.15, 0.2) is 5.13 Å². The number of nitrogens with zero attached hydrogens (tertiary/aromatic N) is 2. The van der Waals surface area contributed by atoms with Gasteiger partial charge in [-0.2, -0.15) is 0 Å². The van der Waals surface area contributed by atoms with Crippen molar-refractivity contribution in [2.24, 2.45) is 0 Å². The van der Waals surface area contributed by atoms with Crippen molar-refractivity contribution in [3.05, 3.63) is 82.4 Å². The summed E-state index contributed by atoms with van der Waals surface area (Å²) in [7, 11) is 0. The fourth-order valence-electron chi connectivity index (χ4n) is 2.78. The Morgan fingerprint density at radius 1 is 1.00 bits per heavy atom. The molecule has 0 aliphatic carbocycles. The van der Waals surface area contributed by atoms with E-state index in [9.17, 15) is 14.4 Å². The summed E-state index contributed by atoms with van der Waals surface area (Å²) < 4.78 is 0. The molecule has 1 N–H and O–H groups in total. The SMILES string of the molecule is O=C(Nc1nccs1)c1ccc(CN2C(=O)c3ccccc3C2=O)cc1. The fourth-order valence-corrected chi connectivity index (χ4v) is 3.31. The predicted molar refractivity (Wildman–Crippen MR) is 97.2 cm³/mol. The van der Waals surface area contributed by atoms with E-state index in [4.69, 9.17) is 0 Å². The third kappa shape index (κ3) is 2.89. The van der Waals surface area contributed by atoms with Gasteiger partial charge in [-0.05, 0) is 29.8 Å². The number of hydrogen-bond acceptors (Lipinski definition) is 5. The molecule has 1 aliphatic rings. The molecule has 3 amide bonds. The van der Waals surface area contributed by atoms with Crippen molar-refractivity contribution in [2.75, 3.05) is 5.32 Å². The van der Waals surface area contributed by atoms with Gasteiger partial charge in [0.25, 0.3) is 17.7 Å². The number of rotatable bonds is 4. The second-order valence-corrected chi connectivity index (χ2v) is 6.62. The summed E-state index contributed by atoms with van der Waals surface area (Å²) >= 11 is 1.34. The van der Waals surface area contributed by atoms with Crippen LogP contribution in [0.15, 0.2) is 60.1 Å². The standard InChI is InChI=1S/C19H13N3O3S/c23-16(21-19-20-9-10-26-19)13-7-5-12(6-8-13)11-22-17(24)14-3-1-2-4-15(14)18(22)25/h1-10H,11H2,(H,20,21,23). The molecule has 0 saturated carbocycles. The van der Waals surface area contributed by atoms with Gasteiger partial charge in [0.1, 0.15) is 0 Å². The molecule has 0 fully saturated rings. The van der Waals surface area contributed by atoms with Crippen LogP contribution >= 0.6 is 11.3 Å². The predicted octanol–water partition coefficient (Wildman–Crippen LogP) is 3.19. The Labute approximate surface area is 153 Å². The molecule has 0 unspecified atom stereocenters. The van der Waals surface area contributed by atoms with Crippen molar-refractivity contribution < 1.29 is 14.4 Å². The zero-order chi connectivity index (χ0) is 18.1. The first-order chi connectivity index (χ1) is 12.6. The molecule has 3 aromatic rings. The number of thiazole rings is 1. The van der Waals surface area contributed by atoms with Crippen LogP contribution in [0.5, 0.6) is 0 Å². The van der Waals surface area contributed by atoms with E-state index in [0.29, 0.717) is 21.8 Å². The van der Waals surface area contributed by atoms with Gasteiger partial charge in [-0.3, -0.25) is 24.6 Å². The van der Waals surface area contributed by atoms with Gasteiger partial charge in [0.2, 0.25) is 0 Å². The van der Waals surface area contributed by atoms with Crippen LogP contribution in [0.25, 0.3) is 0 Å². The second kappa shape index (κ2) is 6.53. The fraction of sp³-hybridized carbons (Fsp3) is 0.0526. The molecule has 0 atom stereocenters. The van der Waals surface area contributed by atoms with E-state index in [0.717, 1.165) is 5.56 Å². The molecule has 2 heterocycles. The van der Waals surface area contributed by atoms with E-state index in [1.54, 1.807) is 60.1 Å². The number of hydrogen-bond donors (Lipinski definition) is 1. The normalized spacial score (nSPS) is 13.0. The van der Waals surface area contributed by atoms with Gasteiger partial charge < -0.3 is 0 Å². The molecule has 0 spiro atoms. The van der Waals surface area contributed by atoms with Crippen molar-refractivity contribution >= 4 is 34.2 Å². The molecule has 128 valence electrons. The number of anilines is 1. The molecule has 7 heteroatoms. The Morgan fingerprint density at radius 2 is 1.65 bits per heavy atom. The Bertz CT molecular complexity index is 962. The zero-order valence-electron chi connectivity index (χ0n) is 13.5. The Morgan fingerprint density at radius 3 is 2.23 bits per heavy atom. The molecule has 6 nitrogen and oxygen atoms in total. The maximum atomic E-state index is 12.4. The Kier molecular flexibility index (Phi) is 4.06. The van der Waals surface area contributed by atoms with Crippen LogP contribution in [0, 0.1) is 0 Å². The van der Waals surface area contributed by atoms with E-state index < -0.39 is 0 Å². The minimum Gasteiger partial charge on any atom is -0.298 e. The second-order valence-electron chi connectivity index (χ2n) is 5.73. The lowest BCUT2D eigenvalue weighted by Crippen LogP contribution is -2.29. The molecule has 4 rings (SSSR count). The first kappa shape index (κ1) is 16.2. The lowest BCUT2D eigenvalue weighted by Gasteiger charge is -2.14. The first-order valence-electron chi connectivity index (χ1n) is 7.88. The van der Waals surface area contributed by atoms with E-state index in [1.165, 1.54) is 16.2 Å². The summed E-state index contributed by atoms with van der Waals surface area (Å²) in [6, 6.07) is 13.6. The molecule has 0 bridgehead atoms. The van der Waals surface area contributed by atoms with Gasteiger partial charge >= 0.3 is 0 Å². The average molecular weight is 363 g/mol. The van der Waals surface area contributed by atoms with Gasteiger partial charge in [-0.1, -0.05) is 24.3 Å². The number of nitrogens with one attached hydrogen (secondary N) is 1. The Hall–Kier alpha value is -3.32. The van der Waals surface area contributed by atoms with Crippen LogP contribution in [-0.2, 0) is 6.54 Å². The highest BCUT2D eigenvalue weighted by Gasteiger charge is 2.34. The summed E-state index contributed by atoms with van der Waals surface area (Å²) in [6.45, 7) is 0.167. The smallest absolute Gasteiger partial charge is 0.261 e. The van der Waals surface area contributed by atoms with Gasteiger partial charge in [0, 0.05) is 17.1 Å². The number of amides is 3.